The molecule has 0 amide bonds. The average Bonchev–Trinajstić information content (AvgIpc) is 3.43. The van der Waals surface area contributed by atoms with E-state index in [2.05, 4.69) is 0 Å². The smallest absolute Gasteiger partial charge is 0.307 e. The van der Waals surface area contributed by atoms with Gasteiger partial charge < -0.3 is 14.6 Å². The van der Waals surface area contributed by atoms with Gasteiger partial charge in [-0.25, -0.2) is 13.9 Å². The second kappa shape index (κ2) is 10.7. The highest BCUT2D eigenvalue weighted by Crippen LogP contribution is 2.35. The van der Waals surface area contributed by atoms with Crippen LogP contribution in [0.3, 0.4) is 0 Å². The lowest BCUT2D eigenvalue weighted by Crippen LogP contribution is -2.10. The predicted octanol–water partition coefficient (Wildman–Crippen LogP) is 7.28. The Kier molecular flexibility index (Phi) is 6.58. The Bertz CT molecular complexity index is 2020. The van der Waals surface area contributed by atoms with Crippen molar-refractivity contribution in [2.24, 2.45) is 0 Å². The molecule has 43 heavy (non-hydrogen) atoms. The molecular formula is C35H26FN3O4. The van der Waals surface area contributed by atoms with Gasteiger partial charge in [0.1, 0.15) is 30.5 Å². The van der Waals surface area contributed by atoms with Crippen LogP contribution in [0, 0.1) is 12.7 Å². The summed E-state index contributed by atoms with van der Waals surface area (Å²) in [6.07, 6.45) is -0.198. The van der Waals surface area contributed by atoms with Gasteiger partial charge in [-0.05, 0) is 72.1 Å². The molecule has 4 heterocycles. The van der Waals surface area contributed by atoms with Gasteiger partial charge in [0.05, 0.1) is 17.8 Å². The van der Waals surface area contributed by atoms with Gasteiger partial charge >= 0.3 is 5.97 Å². The van der Waals surface area contributed by atoms with Gasteiger partial charge in [0, 0.05) is 40.1 Å². The van der Waals surface area contributed by atoms with Crippen molar-refractivity contribution < 1.29 is 23.8 Å². The third kappa shape index (κ3) is 5.19. The Morgan fingerprint density at radius 1 is 0.860 bits per heavy atom. The van der Waals surface area contributed by atoms with Gasteiger partial charge in [-0.15, -0.1) is 0 Å². The van der Waals surface area contributed by atoms with Gasteiger partial charge in [-0.1, -0.05) is 36.4 Å². The number of carboxylic acids is 1. The Morgan fingerprint density at radius 3 is 2.40 bits per heavy atom. The SMILES string of the molecule is Cc1nc2cc3nn2c(c1CC(=O)O)-c1ccc(cc1)OCc1cccc(c1)COc1cc(F)ccc1-c1cccc-3c1. The van der Waals surface area contributed by atoms with E-state index in [0.29, 0.717) is 46.4 Å². The number of fused-ring (bicyclic) bond motifs is 4. The first-order valence-corrected chi connectivity index (χ1v) is 13.9. The minimum Gasteiger partial charge on any atom is -0.489 e. The molecule has 8 bridgehead atoms. The van der Waals surface area contributed by atoms with Crippen molar-refractivity contribution >= 4 is 11.6 Å². The van der Waals surface area contributed by atoms with E-state index in [1.807, 2.05) is 85.8 Å². The van der Waals surface area contributed by atoms with Crippen LogP contribution in [0.15, 0.2) is 97.1 Å². The molecule has 8 heteroatoms. The van der Waals surface area contributed by atoms with E-state index in [1.54, 1.807) is 10.6 Å². The molecule has 2 aliphatic heterocycles. The molecule has 2 aliphatic rings. The Balaban J connectivity index is 1.44. The normalized spacial score (nSPS) is 12.4. The summed E-state index contributed by atoms with van der Waals surface area (Å²) in [5.74, 6) is -0.236. The van der Waals surface area contributed by atoms with E-state index < -0.39 is 5.97 Å². The number of aromatic nitrogens is 3. The molecule has 0 fully saturated rings. The number of carbonyl (C=O) groups is 1. The number of ether oxygens (including phenoxy) is 2. The highest BCUT2D eigenvalue weighted by molar-refractivity contribution is 5.79. The highest BCUT2D eigenvalue weighted by Gasteiger charge is 2.20. The maximum absolute atomic E-state index is 14.4. The van der Waals surface area contributed by atoms with Crippen LogP contribution in [-0.4, -0.2) is 25.7 Å². The minimum absolute atomic E-state index is 0.198. The standard InChI is InChI=1S/C35H26FN3O4/c1-21-30(17-34(40)41)35-24-8-11-28(12-9-24)42-19-22-4-2-5-23(14-22)20-43-32-16-27(36)10-13-29(32)25-6-3-7-26(15-25)31-18-33(37-21)39(35)38-31/h2-16,18H,17,19-20H2,1H3,(H,40,41). The number of hydrogen-bond donors (Lipinski definition) is 1. The van der Waals surface area contributed by atoms with Gasteiger partial charge in [0.2, 0.25) is 0 Å². The largest absolute Gasteiger partial charge is 0.489 e. The predicted molar refractivity (Wildman–Crippen MR) is 160 cm³/mol. The fraction of sp³-hybridized carbons (Fsp3) is 0.114. The summed E-state index contributed by atoms with van der Waals surface area (Å²) in [4.78, 5) is 16.6. The zero-order chi connectivity index (χ0) is 29.5. The second-order valence-corrected chi connectivity index (χ2v) is 10.5. The van der Waals surface area contributed by atoms with Gasteiger partial charge in [0.15, 0.2) is 5.65 Å². The van der Waals surface area contributed by atoms with Crippen molar-refractivity contribution in [2.75, 3.05) is 0 Å². The van der Waals surface area contributed by atoms with Crippen LogP contribution < -0.4 is 9.47 Å². The van der Waals surface area contributed by atoms with Crippen LogP contribution in [0.5, 0.6) is 11.5 Å². The summed E-state index contributed by atoms with van der Waals surface area (Å²) in [7, 11) is 0. The molecule has 6 aromatic rings. The number of aryl methyl sites for hydroxylation is 1. The van der Waals surface area contributed by atoms with Gasteiger partial charge in [-0.3, -0.25) is 4.79 Å². The van der Waals surface area contributed by atoms with Gasteiger partial charge in [-0.2, -0.15) is 5.10 Å². The lowest BCUT2D eigenvalue weighted by atomic mass is 10.0. The first-order chi connectivity index (χ1) is 20.9. The lowest BCUT2D eigenvalue weighted by Gasteiger charge is -2.15. The van der Waals surface area contributed by atoms with E-state index in [9.17, 15) is 14.3 Å². The molecule has 0 aliphatic carbocycles. The second-order valence-electron chi connectivity index (χ2n) is 10.5. The van der Waals surface area contributed by atoms with Crippen molar-refractivity contribution in [3.63, 3.8) is 0 Å². The summed E-state index contributed by atoms with van der Waals surface area (Å²) in [6, 6.07) is 29.7. The van der Waals surface area contributed by atoms with E-state index >= 15 is 0 Å². The summed E-state index contributed by atoms with van der Waals surface area (Å²) >= 11 is 0. The van der Waals surface area contributed by atoms with Crippen molar-refractivity contribution in [3.8, 4) is 45.1 Å². The molecule has 0 atom stereocenters. The van der Waals surface area contributed by atoms with Crippen LogP contribution in [0.2, 0.25) is 0 Å². The summed E-state index contributed by atoms with van der Waals surface area (Å²) < 4.78 is 28.3. The highest BCUT2D eigenvalue weighted by atomic mass is 19.1. The minimum atomic E-state index is -0.952. The maximum atomic E-state index is 14.4. The average molecular weight is 572 g/mol. The number of nitrogens with zero attached hydrogens (tertiary/aromatic N) is 3. The molecule has 0 saturated carbocycles. The van der Waals surface area contributed by atoms with Crippen LogP contribution in [0.1, 0.15) is 22.4 Å². The molecule has 8 rings (SSSR count). The molecule has 0 radical (unpaired) electrons. The summed E-state index contributed by atoms with van der Waals surface area (Å²) in [6.45, 7) is 2.42. The molecule has 212 valence electrons. The third-order valence-corrected chi connectivity index (χ3v) is 7.57. The molecular weight excluding hydrogens is 545 g/mol. The number of halogens is 1. The maximum Gasteiger partial charge on any atom is 0.307 e. The molecule has 7 nitrogen and oxygen atoms in total. The van der Waals surface area contributed by atoms with Crippen molar-refractivity contribution in [1.29, 1.82) is 0 Å². The summed E-state index contributed by atoms with van der Waals surface area (Å²) in [5, 5.41) is 14.6. The fourth-order valence-corrected chi connectivity index (χ4v) is 5.50. The summed E-state index contributed by atoms with van der Waals surface area (Å²) in [5.41, 5.74) is 8.24. The van der Waals surface area contributed by atoms with E-state index in [1.165, 1.54) is 12.1 Å². The fourth-order valence-electron chi connectivity index (χ4n) is 5.50. The molecule has 0 unspecified atom stereocenters. The first kappa shape index (κ1) is 26.4. The van der Waals surface area contributed by atoms with E-state index in [-0.39, 0.29) is 18.8 Å². The van der Waals surface area contributed by atoms with E-state index in [4.69, 9.17) is 19.6 Å². The molecule has 4 aromatic carbocycles. The van der Waals surface area contributed by atoms with Crippen LogP contribution in [-0.2, 0) is 24.4 Å². The molecule has 1 N–H and O–H groups in total. The number of benzene rings is 4. The molecule has 0 spiro atoms. The topological polar surface area (TPSA) is 86.0 Å². The number of hydrogen-bond acceptors (Lipinski definition) is 5. The Morgan fingerprint density at radius 2 is 1.60 bits per heavy atom. The Hall–Kier alpha value is -5.50. The third-order valence-electron chi connectivity index (χ3n) is 7.57. The Labute approximate surface area is 246 Å². The van der Waals surface area contributed by atoms with Crippen LogP contribution in [0.25, 0.3) is 39.3 Å². The van der Waals surface area contributed by atoms with Crippen LogP contribution in [0.4, 0.5) is 4.39 Å². The number of carboxylic acid groups (broad SMARTS) is 1. The van der Waals surface area contributed by atoms with E-state index in [0.717, 1.165) is 33.4 Å². The van der Waals surface area contributed by atoms with Crippen molar-refractivity contribution in [1.82, 2.24) is 14.6 Å². The molecule has 0 saturated heterocycles. The monoisotopic (exact) mass is 571 g/mol. The quantitative estimate of drug-likeness (QED) is 0.235. The van der Waals surface area contributed by atoms with Crippen molar-refractivity contribution in [2.45, 2.75) is 26.6 Å². The number of aliphatic carboxylic acids is 1. The van der Waals surface area contributed by atoms with Gasteiger partial charge in [0.25, 0.3) is 0 Å². The lowest BCUT2D eigenvalue weighted by molar-refractivity contribution is -0.136. The number of rotatable bonds is 2. The van der Waals surface area contributed by atoms with Crippen molar-refractivity contribution in [3.05, 3.63) is 125 Å². The zero-order valence-corrected chi connectivity index (χ0v) is 23.3. The first-order valence-electron chi connectivity index (χ1n) is 13.9. The zero-order valence-electron chi connectivity index (χ0n) is 23.3. The van der Waals surface area contributed by atoms with Crippen LogP contribution >= 0.6 is 0 Å². The molecule has 2 aromatic heterocycles.